The van der Waals surface area contributed by atoms with Gasteiger partial charge in [-0.3, -0.25) is 9.69 Å². The van der Waals surface area contributed by atoms with Crippen LogP contribution in [-0.2, 0) is 21.7 Å². The number of hydrogen-bond acceptors (Lipinski definition) is 7. The van der Waals surface area contributed by atoms with Crippen LogP contribution in [0.25, 0.3) is 0 Å². The zero-order chi connectivity index (χ0) is 24.6. The van der Waals surface area contributed by atoms with E-state index >= 15 is 0 Å². The lowest BCUT2D eigenvalue weighted by Crippen LogP contribution is -2.52. The van der Waals surface area contributed by atoms with E-state index in [1.54, 1.807) is 0 Å². The summed E-state index contributed by atoms with van der Waals surface area (Å²) >= 11 is 6.14. The number of carbonyl (C=O) groups excluding carboxylic acids is 1. The summed E-state index contributed by atoms with van der Waals surface area (Å²) in [5, 5.41) is 24.7. The number of halogens is 1. The highest BCUT2D eigenvalue weighted by atomic mass is 35.5. The Bertz CT molecular complexity index is 1100. The molecule has 5 rings (SSSR count). The number of fused-ring (bicyclic) bond motifs is 2. The summed E-state index contributed by atoms with van der Waals surface area (Å²) in [5.41, 5.74) is 2.34. The van der Waals surface area contributed by atoms with Crippen molar-refractivity contribution in [2.45, 2.75) is 49.7 Å². The van der Waals surface area contributed by atoms with Crippen molar-refractivity contribution in [2.24, 2.45) is 0 Å². The first-order valence-electron chi connectivity index (χ1n) is 12.0. The third kappa shape index (κ3) is 5.27. The Balaban J connectivity index is 1.21. The molecule has 188 valence electrons. The number of ether oxygens (including phenoxy) is 3. The minimum atomic E-state index is -1.60. The molecule has 2 aliphatic heterocycles. The summed E-state index contributed by atoms with van der Waals surface area (Å²) in [5.74, 6) is -1.68. The number of piperidine rings is 1. The summed E-state index contributed by atoms with van der Waals surface area (Å²) in [6, 6.07) is 10.5. The van der Waals surface area contributed by atoms with Gasteiger partial charge in [0.05, 0.1) is 24.3 Å². The van der Waals surface area contributed by atoms with Crippen molar-refractivity contribution in [1.29, 1.82) is 0 Å². The van der Waals surface area contributed by atoms with Crippen LogP contribution >= 0.6 is 11.6 Å². The molecular weight excluding hydrogens is 472 g/mol. The number of amides is 1. The Morgan fingerprint density at radius 3 is 2.74 bits per heavy atom. The monoisotopic (exact) mass is 502 g/mol. The second-order valence-electron chi connectivity index (χ2n) is 9.73. The molecule has 1 atom stereocenters. The van der Waals surface area contributed by atoms with Gasteiger partial charge in [-0.25, -0.2) is 0 Å². The lowest BCUT2D eigenvalue weighted by atomic mass is 9.83. The first kappa shape index (κ1) is 24.3. The first-order valence-corrected chi connectivity index (χ1v) is 12.4. The molecule has 0 bridgehead atoms. The van der Waals surface area contributed by atoms with Crippen molar-refractivity contribution in [3.05, 3.63) is 58.1 Å². The van der Waals surface area contributed by atoms with Crippen LogP contribution in [0.1, 0.15) is 47.2 Å². The third-order valence-electron chi connectivity index (χ3n) is 7.15. The highest BCUT2D eigenvalue weighted by molar-refractivity contribution is 6.30. The zero-order valence-corrected chi connectivity index (χ0v) is 20.5. The summed E-state index contributed by atoms with van der Waals surface area (Å²) in [7, 11) is 1.43. The molecule has 1 spiro atoms. The van der Waals surface area contributed by atoms with Gasteiger partial charge in [-0.2, -0.15) is 0 Å². The van der Waals surface area contributed by atoms with Gasteiger partial charge in [-0.05, 0) is 61.1 Å². The molecule has 8 nitrogen and oxygen atoms in total. The number of methoxy groups -OCH3 is 1. The van der Waals surface area contributed by atoms with Gasteiger partial charge in [0.15, 0.2) is 0 Å². The molecule has 1 amide bonds. The molecule has 2 aromatic rings. The molecule has 3 aliphatic rings. The van der Waals surface area contributed by atoms with Crippen molar-refractivity contribution in [1.82, 2.24) is 10.2 Å². The summed E-state index contributed by atoms with van der Waals surface area (Å²) in [6.45, 7) is 2.03. The fourth-order valence-corrected chi connectivity index (χ4v) is 5.12. The molecule has 2 aromatic carbocycles. The van der Waals surface area contributed by atoms with E-state index in [4.69, 9.17) is 25.8 Å². The van der Waals surface area contributed by atoms with Gasteiger partial charge in [0, 0.05) is 37.3 Å². The summed E-state index contributed by atoms with van der Waals surface area (Å²) in [4.78, 5) is 14.7. The van der Waals surface area contributed by atoms with Crippen LogP contribution < -0.4 is 10.1 Å². The van der Waals surface area contributed by atoms with Gasteiger partial charge in [0.1, 0.15) is 18.1 Å². The van der Waals surface area contributed by atoms with Gasteiger partial charge in [0.2, 0.25) is 5.79 Å². The third-order valence-corrected chi connectivity index (χ3v) is 7.39. The maximum atomic E-state index is 12.6. The number of phenols is 1. The normalized spacial score (nSPS) is 20.9. The number of carbonyl (C=O) groups is 1. The number of nitrogens with zero attached hydrogens (tertiary/aromatic N) is 1. The molecule has 9 heteroatoms. The largest absolute Gasteiger partial charge is 0.508 e. The number of nitrogens with one attached hydrogen (secondary N) is 1. The van der Waals surface area contributed by atoms with Crippen molar-refractivity contribution in [3.63, 3.8) is 0 Å². The smallest absolute Gasteiger partial charge is 0.255 e. The standard InChI is InChI=1S/C26H31ClN2O6/c1-33-26(32,16-34-23-13-20(30)5-6-21(23)24(31)28-19-3-4-19)15-29-10-8-25(9-11-29)22-7-2-18(27)12-17(22)14-35-25/h2,5-7,12-13,19,30,32H,3-4,8-11,14-16H2,1H3,(H,28,31)/t26-/m1/s1. The molecular formula is C26H31ClN2O6. The summed E-state index contributed by atoms with van der Waals surface area (Å²) in [6.07, 6.45) is 3.51. The van der Waals surface area contributed by atoms with E-state index in [1.165, 1.54) is 30.9 Å². The van der Waals surface area contributed by atoms with Crippen LogP contribution in [0.5, 0.6) is 11.5 Å². The number of aromatic hydroxyl groups is 1. The van der Waals surface area contributed by atoms with E-state index in [0.29, 0.717) is 17.2 Å². The minimum Gasteiger partial charge on any atom is -0.508 e. The van der Waals surface area contributed by atoms with E-state index in [9.17, 15) is 15.0 Å². The van der Waals surface area contributed by atoms with Crippen molar-refractivity contribution < 1.29 is 29.2 Å². The number of benzene rings is 2. The number of β-amino-alcohol motifs (C(OH)–C–C–N with tert-alkyl or cyclic N) is 1. The van der Waals surface area contributed by atoms with Crippen molar-refractivity contribution in [2.75, 3.05) is 33.4 Å². The Morgan fingerprint density at radius 2 is 2.03 bits per heavy atom. The number of phenolic OH excluding ortho intramolecular Hbond substituents is 1. The van der Waals surface area contributed by atoms with Crippen molar-refractivity contribution in [3.8, 4) is 11.5 Å². The SMILES string of the molecule is CO[C@@](O)(COc1cc(O)ccc1C(=O)NC1CC1)CN1CCC2(CC1)OCc1cc(Cl)ccc12. The molecule has 3 N–H and O–H groups in total. The zero-order valence-electron chi connectivity index (χ0n) is 19.8. The highest BCUT2D eigenvalue weighted by Gasteiger charge is 2.44. The highest BCUT2D eigenvalue weighted by Crippen LogP contribution is 2.45. The van der Waals surface area contributed by atoms with E-state index in [-0.39, 0.29) is 42.2 Å². The van der Waals surface area contributed by atoms with E-state index in [0.717, 1.165) is 44.3 Å². The average Bonchev–Trinajstić information content (AvgIpc) is 3.60. The number of aliphatic hydroxyl groups is 1. The van der Waals surface area contributed by atoms with Crippen molar-refractivity contribution >= 4 is 17.5 Å². The van der Waals surface area contributed by atoms with Gasteiger partial charge in [0.25, 0.3) is 5.91 Å². The second kappa shape index (κ2) is 9.59. The lowest BCUT2D eigenvalue weighted by molar-refractivity contribution is -0.217. The van der Waals surface area contributed by atoms with Crippen LogP contribution in [0.4, 0.5) is 0 Å². The van der Waals surface area contributed by atoms with Gasteiger partial charge < -0.3 is 29.7 Å². The second-order valence-corrected chi connectivity index (χ2v) is 10.2. The van der Waals surface area contributed by atoms with Crippen LogP contribution in [0.3, 0.4) is 0 Å². The Labute approximate surface area is 209 Å². The fraction of sp³-hybridized carbons (Fsp3) is 0.500. The molecule has 0 aromatic heterocycles. The summed E-state index contributed by atoms with van der Waals surface area (Å²) < 4.78 is 17.5. The molecule has 0 unspecified atom stereocenters. The predicted octanol–water partition coefficient (Wildman–Crippen LogP) is 3.17. The quantitative estimate of drug-likeness (QED) is 0.477. The topological polar surface area (TPSA) is 100 Å². The van der Waals surface area contributed by atoms with E-state index in [2.05, 4.69) is 16.3 Å². The number of likely N-dealkylation sites (tertiary alicyclic amines) is 1. The first-order chi connectivity index (χ1) is 16.8. The van der Waals surface area contributed by atoms with Gasteiger partial charge in [-0.1, -0.05) is 17.7 Å². The molecule has 1 saturated heterocycles. The lowest BCUT2D eigenvalue weighted by Gasteiger charge is -2.41. The molecule has 1 saturated carbocycles. The fourth-order valence-electron chi connectivity index (χ4n) is 4.92. The molecule has 2 fully saturated rings. The average molecular weight is 503 g/mol. The van der Waals surface area contributed by atoms with E-state index < -0.39 is 5.79 Å². The molecule has 1 aliphatic carbocycles. The molecule has 0 radical (unpaired) electrons. The number of hydrogen-bond donors (Lipinski definition) is 3. The van der Waals surface area contributed by atoms with Crippen LogP contribution in [0.15, 0.2) is 36.4 Å². The van der Waals surface area contributed by atoms with Crippen LogP contribution in [-0.4, -0.2) is 66.2 Å². The Morgan fingerprint density at radius 1 is 1.26 bits per heavy atom. The Kier molecular flexibility index (Phi) is 6.67. The van der Waals surface area contributed by atoms with Crippen LogP contribution in [0.2, 0.25) is 5.02 Å². The maximum Gasteiger partial charge on any atom is 0.255 e. The molecule has 35 heavy (non-hydrogen) atoms. The van der Waals surface area contributed by atoms with Gasteiger partial charge in [-0.15, -0.1) is 0 Å². The van der Waals surface area contributed by atoms with Gasteiger partial charge >= 0.3 is 0 Å². The molecule has 2 heterocycles. The van der Waals surface area contributed by atoms with Crippen LogP contribution in [0, 0.1) is 0 Å². The number of rotatable bonds is 8. The predicted molar refractivity (Wildman–Crippen MR) is 130 cm³/mol. The maximum absolute atomic E-state index is 12.6. The van der Waals surface area contributed by atoms with E-state index in [1.807, 2.05) is 12.1 Å². The Hall–Kier alpha value is -2.36. The minimum absolute atomic E-state index is 0.0246.